The lowest BCUT2D eigenvalue weighted by atomic mass is 10.0. The Hall–Kier alpha value is -3.34. The van der Waals surface area contributed by atoms with Crippen LogP contribution in [0, 0.1) is 5.92 Å². The first-order chi connectivity index (χ1) is 16.5. The van der Waals surface area contributed by atoms with Crippen LogP contribution in [0.2, 0.25) is 0 Å². The van der Waals surface area contributed by atoms with E-state index in [0.717, 1.165) is 0 Å². The van der Waals surface area contributed by atoms with Crippen molar-refractivity contribution in [2.45, 2.75) is 66.0 Å². The minimum atomic E-state index is -1.12. The van der Waals surface area contributed by atoms with E-state index in [1.54, 1.807) is 20.8 Å². The summed E-state index contributed by atoms with van der Waals surface area (Å²) in [7, 11) is 0. The summed E-state index contributed by atoms with van der Waals surface area (Å²) in [5.74, 6) is -1.31. The molecule has 2 N–H and O–H groups in total. The first-order valence-corrected chi connectivity index (χ1v) is 11.5. The Morgan fingerprint density at radius 1 is 0.943 bits per heavy atom. The number of hydrogen-bond acceptors (Lipinski definition) is 10. The summed E-state index contributed by atoms with van der Waals surface area (Å²) >= 11 is 0. The number of hydrogen-bond donors (Lipinski definition) is 2. The smallest absolute Gasteiger partial charge is 0.480 e. The summed E-state index contributed by atoms with van der Waals surface area (Å²) < 4.78 is 25.0. The Bertz CT molecular complexity index is 855. The van der Waals surface area contributed by atoms with Gasteiger partial charge in [-0.15, -0.1) is 0 Å². The van der Waals surface area contributed by atoms with E-state index in [9.17, 15) is 24.3 Å². The van der Waals surface area contributed by atoms with E-state index < -0.39 is 30.4 Å². The zero-order valence-corrected chi connectivity index (χ0v) is 20.8. The Morgan fingerprint density at radius 2 is 1.54 bits per heavy atom. The molecule has 1 rings (SSSR count). The molecule has 0 fully saturated rings. The molecule has 2 atom stereocenters. The number of carbonyl (C=O) groups excluding carboxylic acids is 3. The van der Waals surface area contributed by atoms with E-state index >= 15 is 0 Å². The molecule has 11 heteroatoms. The molecule has 0 amide bonds. The zero-order valence-electron chi connectivity index (χ0n) is 20.8. The van der Waals surface area contributed by atoms with Crippen LogP contribution in [0.25, 0.3) is 0 Å². The van der Waals surface area contributed by atoms with Gasteiger partial charge >= 0.3 is 24.2 Å². The fourth-order valence-electron chi connectivity index (χ4n) is 2.84. The highest BCUT2D eigenvalue weighted by Crippen LogP contribution is 2.30. The minimum absolute atomic E-state index is 0.00220. The van der Waals surface area contributed by atoms with Crippen LogP contribution >= 0.6 is 0 Å². The first kappa shape index (κ1) is 29.7. The molecule has 0 saturated carbocycles. The molecule has 0 bridgehead atoms. The predicted octanol–water partition coefficient (Wildman–Crippen LogP) is 3.71. The number of carboxylic acid groups (broad SMARTS) is 1. The van der Waals surface area contributed by atoms with Crippen LogP contribution in [0.15, 0.2) is 18.2 Å². The molecular formula is C24H35NO10. The van der Waals surface area contributed by atoms with E-state index in [2.05, 4.69) is 5.32 Å². The van der Waals surface area contributed by atoms with Crippen molar-refractivity contribution in [3.8, 4) is 11.5 Å². The standard InChI is InChI=1S/C24H35NO10/c1-6-31-23(29)34-19-10-9-17(13-20(19)35-24(30)32-7-2)12-18(22(27)28)25-14-16(5)33-21(26)11-8-15(3)4/h9-10,13,15-16,18,25H,6-8,11-12,14H2,1-5H3,(H,27,28)/t16?,18-/m0/s1. The number of carboxylic acids is 1. The van der Waals surface area contributed by atoms with Crippen LogP contribution in [-0.4, -0.2) is 61.3 Å². The van der Waals surface area contributed by atoms with Gasteiger partial charge in [0, 0.05) is 13.0 Å². The second kappa shape index (κ2) is 15.5. The maximum Gasteiger partial charge on any atom is 0.513 e. The van der Waals surface area contributed by atoms with Crippen molar-refractivity contribution in [3.05, 3.63) is 23.8 Å². The summed E-state index contributed by atoms with van der Waals surface area (Å²) in [5, 5.41) is 12.5. The monoisotopic (exact) mass is 497 g/mol. The molecule has 0 radical (unpaired) electrons. The molecule has 0 aromatic heterocycles. The van der Waals surface area contributed by atoms with E-state index in [1.807, 2.05) is 13.8 Å². The highest BCUT2D eigenvalue weighted by atomic mass is 16.7. The summed E-state index contributed by atoms with van der Waals surface area (Å²) in [5.41, 5.74) is 0.474. The van der Waals surface area contributed by atoms with Gasteiger partial charge in [-0.3, -0.25) is 9.59 Å². The quantitative estimate of drug-likeness (QED) is 0.220. The van der Waals surface area contributed by atoms with Gasteiger partial charge < -0.3 is 34.1 Å². The lowest BCUT2D eigenvalue weighted by molar-refractivity contribution is -0.148. The minimum Gasteiger partial charge on any atom is -0.480 e. The second-order valence-corrected chi connectivity index (χ2v) is 8.09. The third kappa shape index (κ3) is 12.1. The fraction of sp³-hybridized carbons (Fsp3) is 0.583. The topological polar surface area (TPSA) is 147 Å². The maximum atomic E-state index is 11.9. The third-order valence-electron chi connectivity index (χ3n) is 4.57. The van der Waals surface area contributed by atoms with Crippen LogP contribution in [0.5, 0.6) is 11.5 Å². The normalized spacial score (nSPS) is 12.4. The molecule has 0 spiro atoms. The Labute approximate surface area is 205 Å². The van der Waals surface area contributed by atoms with E-state index in [1.165, 1.54) is 18.2 Å². The average molecular weight is 498 g/mol. The van der Waals surface area contributed by atoms with Crippen molar-refractivity contribution in [1.82, 2.24) is 5.32 Å². The van der Waals surface area contributed by atoms with Gasteiger partial charge in [0.15, 0.2) is 11.5 Å². The average Bonchev–Trinajstić information content (AvgIpc) is 2.77. The molecule has 0 aliphatic rings. The van der Waals surface area contributed by atoms with Crippen molar-refractivity contribution < 1.29 is 48.0 Å². The number of ether oxygens (including phenoxy) is 5. The van der Waals surface area contributed by atoms with E-state index in [0.29, 0.717) is 24.3 Å². The molecule has 11 nitrogen and oxygen atoms in total. The first-order valence-electron chi connectivity index (χ1n) is 11.5. The summed E-state index contributed by atoms with van der Waals surface area (Å²) in [6.45, 7) is 9.17. The highest BCUT2D eigenvalue weighted by molar-refractivity contribution is 5.74. The molecule has 0 aliphatic carbocycles. The SMILES string of the molecule is CCOC(=O)Oc1ccc(C[C@H](NCC(C)OC(=O)CCC(C)C)C(=O)O)cc1OC(=O)OCC. The van der Waals surface area contributed by atoms with Gasteiger partial charge in [0.1, 0.15) is 12.1 Å². The van der Waals surface area contributed by atoms with Gasteiger partial charge in [-0.25, -0.2) is 9.59 Å². The van der Waals surface area contributed by atoms with Crippen LogP contribution in [0.1, 0.15) is 53.0 Å². The van der Waals surface area contributed by atoms with Gasteiger partial charge in [-0.05, 0) is 57.2 Å². The number of esters is 1. The summed E-state index contributed by atoms with van der Waals surface area (Å²) in [6, 6.07) is 3.23. The second-order valence-electron chi connectivity index (χ2n) is 8.09. The van der Waals surface area contributed by atoms with Gasteiger partial charge in [-0.2, -0.15) is 0 Å². The summed E-state index contributed by atoms with van der Waals surface area (Å²) in [6.07, 6.45) is -1.52. The van der Waals surface area contributed by atoms with Crippen molar-refractivity contribution in [2.75, 3.05) is 19.8 Å². The van der Waals surface area contributed by atoms with Gasteiger partial charge in [0.25, 0.3) is 0 Å². The zero-order chi connectivity index (χ0) is 26.4. The van der Waals surface area contributed by atoms with Crippen LogP contribution in [0.4, 0.5) is 9.59 Å². The molecule has 0 saturated heterocycles. The lowest BCUT2D eigenvalue weighted by Crippen LogP contribution is -2.42. The third-order valence-corrected chi connectivity index (χ3v) is 4.57. The van der Waals surface area contributed by atoms with Gasteiger partial charge in [0.05, 0.1) is 13.2 Å². The fourth-order valence-corrected chi connectivity index (χ4v) is 2.84. The molecule has 0 heterocycles. The number of rotatable bonds is 14. The van der Waals surface area contributed by atoms with Crippen molar-refractivity contribution in [3.63, 3.8) is 0 Å². The Morgan fingerprint density at radius 3 is 2.09 bits per heavy atom. The van der Waals surface area contributed by atoms with Gasteiger partial charge in [-0.1, -0.05) is 19.9 Å². The number of benzene rings is 1. The predicted molar refractivity (Wildman–Crippen MR) is 124 cm³/mol. The lowest BCUT2D eigenvalue weighted by Gasteiger charge is -2.19. The molecule has 1 aromatic carbocycles. The summed E-state index contributed by atoms with van der Waals surface area (Å²) in [4.78, 5) is 47.2. The molecule has 35 heavy (non-hydrogen) atoms. The molecule has 1 unspecified atom stereocenters. The molecule has 1 aromatic rings. The van der Waals surface area contributed by atoms with Crippen LogP contribution in [-0.2, 0) is 30.2 Å². The van der Waals surface area contributed by atoms with Crippen LogP contribution < -0.4 is 14.8 Å². The molecular weight excluding hydrogens is 462 g/mol. The largest absolute Gasteiger partial charge is 0.513 e. The van der Waals surface area contributed by atoms with Crippen LogP contribution in [0.3, 0.4) is 0 Å². The van der Waals surface area contributed by atoms with Crippen molar-refractivity contribution in [1.29, 1.82) is 0 Å². The molecule has 196 valence electrons. The highest BCUT2D eigenvalue weighted by Gasteiger charge is 2.22. The van der Waals surface area contributed by atoms with Crippen molar-refractivity contribution >= 4 is 24.2 Å². The van der Waals surface area contributed by atoms with Crippen molar-refractivity contribution in [2.24, 2.45) is 5.92 Å². The molecule has 0 aliphatic heterocycles. The van der Waals surface area contributed by atoms with E-state index in [4.69, 9.17) is 23.7 Å². The van der Waals surface area contributed by atoms with Gasteiger partial charge in [0.2, 0.25) is 0 Å². The Balaban J connectivity index is 2.88. The maximum absolute atomic E-state index is 11.9. The number of nitrogens with one attached hydrogen (secondary N) is 1. The van der Waals surface area contributed by atoms with E-state index in [-0.39, 0.29) is 43.6 Å². The number of aliphatic carboxylic acids is 1. The number of carbonyl (C=O) groups is 4. The Kier molecular flexibility index (Phi) is 13.2.